The van der Waals surface area contributed by atoms with Crippen molar-refractivity contribution >= 4 is 41.2 Å². The summed E-state index contributed by atoms with van der Waals surface area (Å²) < 4.78 is 36.8. The predicted octanol–water partition coefficient (Wildman–Crippen LogP) is 1.24. The molecule has 1 aliphatic heterocycles. The van der Waals surface area contributed by atoms with Gasteiger partial charge in [-0.3, -0.25) is 13.9 Å². The Kier molecular flexibility index (Phi) is 9.20. The number of hydrogen-bond acceptors (Lipinski definition) is 13. The molecule has 1 aliphatic rings. The number of anilines is 1. The van der Waals surface area contributed by atoms with Crippen LogP contribution in [0.4, 0.5) is 5.95 Å². The summed E-state index contributed by atoms with van der Waals surface area (Å²) in [5, 5.41) is 24.7. The molecule has 3 heterocycles. The summed E-state index contributed by atoms with van der Waals surface area (Å²) >= 11 is 0.990. The van der Waals surface area contributed by atoms with E-state index >= 15 is 0 Å². The van der Waals surface area contributed by atoms with Gasteiger partial charge in [-0.25, -0.2) is 10.1 Å². The van der Waals surface area contributed by atoms with Crippen molar-refractivity contribution in [2.75, 3.05) is 31.3 Å². The van der Waals surface area contributed by atoms with E-state index in [0.717, 1.165) is 11.4 Å². The van der Waals surface area contributed by atoms with Gasteiger partial charge in [0.25, 0.3) is 0 Å². The Balaban J connectivity index is 1.81. The number of ether oxygens (including phenoxy) is 3. The number of imidazole rings is 1. The summed E-state index contributed by atoms with van der Waals surface area (Å²) in [6, 6.07) is -0.887. The van der Waals surface area contributed by atoms with Gasteiger partial charge >= 0.3 is 12.7 Å². The third kappa shape index (κ3) is 5.93. The molecule has 0 aliphatic carbocycles. The number of aliphatic hydroxyl groups excluding tert-OH is 1. The monoisotopic (exact) mass is 548 g/mol. The van der Waals surface area contributed by atoms with Gasteiger partial charge in [0.2, 0.25) is 11.8 Å². The fourth-order valence-electron chi connectivity index (χ4n) is 3.70. The fraction of sp³-hybridized carbons (Fsp3) is 0.700. The minimum atomic E-state index is -3.59. The molecule has 0 radical (unpaired) electrons. The van der Waals surface area contributed by atoms with Gasteiger partial charge < -0.3 is 34.7 Å². The molecule has 16 heteroatoms. The van der Waals surface area contributed by atoms with Gasteiger partial charge in [0.1, 0.15) is 23.9 Å². The Hall–Kier alpha value is -2.00. The maximum Gasteiger partial charge on any atom is 0.327 e. The normalized spacial score (nSPS) is 26.6. The first-order valence-electron chi connectivity index (χ1n) is 11.5. The standard InChI is InChI=1S/C20H33N6O8PS/c1-6-31-16-13-15(23-19(21)24-16)26(10-22-13)18-20(5,29)14(27)12(34-18)9-33-35(30,36-8-3)25-11(4)17(28)32-7-2/h10-12,14,18,27,29H,6-9H2,1-5H3,(H,25,30)(H2,21,23,24)/t11-,12+,14+,18+,20+,35-/m0/s1. The lowest BCUT2D eigenvalue weighted by molar-refractivity contribution is -0.144. The Morgan fingerprint density at radius 1 is 1.39 bits per heavy atom. The average molecular weight is 549 g/mol. The molecule has 2 aromatic rings. The quantitative estimate of drug-likeness (QED) is 0.218. The van der Waals surface area contributed by atoms with Crippen LogP contribution in [0, 0.1) is 0 Å². The van der Waals surface area contributed by atoms with Crippen LogP contribution in [0.5, 0.6) is 5.88 Å². The molecule has 0 unspecified atom stereocenters. The van der Waals surface area contributed by atoms with Crippen molar-refractivity contribution < 1.29 is 38.3 Å². The summed E-state index contributed by atoms with van der Waals surface area (Å²) in [7, 11) is 0. The minimum absolute atomic E-state index is 0.0647. The number of carbonyl (C=O) groups is 1. The summed E-state index contributed by atoms with van der Waals surface area (Å²) in [4.78, 5) is 24.5. The molecule has 0 saturated carbocycles. The number of aliphatic hydroxyl groups is 2. The van der Waals surface area contributed by atoms with Crippen LogP contribution in [0.3, 0.4) is 0 Å². The smallest absolute Gasteiger partial charge is 0.327 e. The Labute approximate surface area is 212 Å². The SMILES string of the molecule is CCOC(=O)[C@H](C)N[P@](=O)(OC[C@H]1O[C@@H](n2cnc3c(OCC)nc(N)nc32)[C@](C)(O)[C@@H]1O)SCC. The van der Waals surface area contributed by atoms with Crippen molar-refractivity contribution in [3.63, 3.8) is 0 Å². The highest BCUT2D eigenvalue weighted by molar-refractivity contribution is 8.56. The molecule has 0 aromatic carbocycles. The fourth-order valence-corrected chi connectivity index (χ4v) is 7.31. The molecule has 202 valence electrons. The first kappa shape index (κ1) is 28.6. The van der Waals surface area contributed by atoms with E-state index in [0.29, 0.717) is 17.9 Å². The van der Waals surface area contributed by atoms with Crippen molar-refractivity contribution in [3.05, 3.63) is 6.33 Å². The van der Waals surface area contributed by atoms with Gasteiger partial charge in [0.05, 0.1) is 26.1 Å². The summed E-state index contributed by atoms with van der Waals surface area (Å²) in [5.41, 5.74) is 4.56. The van der Waals surface area contributed by atoms with Gasteiger partial charge in [-0.1, -0.05) is 18.3 Å². The van der Waals surface area contributed by atoms with Crippen LogP contribution in [0.25, 0.3) is 11.2 Å². The van der Waals surface area contributed by atoms with Gasteiger partial charge in [-0.15, -0.1) is 0 Å². The Morgan fingerprint density at radius 2 is 2.11 bits per heavy atom. The zero-order valence-corrected chi connectivity index (χ0v) is 22.5. The number of hydrogen-bond donors (Lipinski definition) is 4. The van der Waals surface area contributed by atoms with E-state index < -0.39 is 42.8 Å². The van der Waals surface area contributed by atoms with Crippen LogP contribution < -0.4 is 15.6 Å². The third-order valence-electron chi connectivity index (χ3n) is 5.39. The first-order valence-corrected chi connectivity index (χ1v) is 14.7. The van der Waals surface area contributed by atoms with Crippen molar-refractivity contribution in [2.24, 2.45) is 0 Å². The third-order valence-corrected chi connectivity index (χ3v) is 9.61. The summed E-state index contributed by atoms with van der Waals surface area (Å²) in [6.45, 7) is 4.72. The Bertz CT molecular complexity index is 1120. The molecule has 0 amide bonds. The average Bonchev–Trinajstić information content (AvgIpc) is 3.31. The molecule has 6 atom stereocenters. The van der Waals surface area contributed by atoms with E-state index in [9.17, 15) is 19.6 Å². The summed E-state index contributed by atoms with van der Waals surface area (Å²) in [5.74, 6) is -0.0301. The zero-order valence-electron chi connectivity index (χ0n) is 20.8. The van der Waals surface area contributed by atoms with E-state index in [2.05, 4.69) is 20.0 Å². The van der Waals surface area contributed by atoms with Crippen molar-refractivity contribution in [1.29, 1.82) is 0 Å². The number of carbonyl (C=O) groups excluding carboxylic acids is 1. The number of aromatic nitrogens is 4. The van der Waals surface area contributed by atoms with Crippen molar-refractivity contribution in [3.8, 4) is 5.88 Å². The lowest BCUT2D eigenvalue weighted by Crippen LogP contribution is -2.44. The van der Waals surface area contributed by atoms with Gasteiger partial charge in [-0.2, -0.15) is 9.97 Å². The minimum Gasteiger partial charge on any atom is -0.476 e. The van der Waals surface area contributed by atoms with E-state index in [1.165, 1.54) is 24.7 Å². The van der Waals surface area contributed by atoms with Crippen molar-refractivity contribution in [1.82, 2.24) is 24.6 Å². The van der Waals surface area contributed by atoms with Gasteiger partial charge in [0.15, 0.2) is 17.4 Å². The van der Waals surface area contributed by atoms with Crippen molar-refractivity contribution in [2.45, 2.75) is 64.7 Å². The molecule has 1 saturated heterocycles. The number of fused-ring (bicyclic) bond motifs is 1. The molecule has 3 rings (SSSR count). The second kappa shape index (κ2) is 11.6. The topological polar surface area (TPSA) is 193 Å². The van der Waals surface area contributed by atoms with E-state index in [1.54, 1.807) is 20.8 Å². The zero-order chi connectivity index (χ0) is 26.7. The lowest BCUT2D eigenvalue weighted by atomic mass is 9.96. The molecule has 1 fully saturated rings. The largest absolute Gasteiger partial charge is 0.476 e. The summed E-state index contributed by atoms with van der Waals surface area (Å²) in [6.07, 6.45) is -2.26. The molecule has 5 N–H and O–H groups in total. The molecule has 14 nitrogen and oxygen atoms in total. The number of nitrogens with one attached hydrogen (secondary N) is 1. The van der Waals surface area contributed by atoms with E-state index in [1.807, 2.05) is 0 Å². The molecule has 36 heavy (non-hydrogen) atoms. The number of nitrogen functional groups attached to an aromatic ring is 1. The number of nitrogens with two attached hydrogens (primary N) is 1. The highest BCUT2D eigenvalue weighted by Gasteiger charge is 2.54. The number of rotatable bonds is 12. The second-order valence-corrected chi connectivity index (χ2v) is 12.7. The van der Waals surface area contributed by atoms with Gasteiger partial charge in [-0.05, 0) is 27.7 Å². The number of esters is 1. The molecular formula is C20H33N6O8PS. The van der Waals surface area contributed by atoms with E-state index in [-0.39, 0.29) is 30.7 Å². The molecule has 2 aromatic heterocycles. The van der Waals surface area contributed by atoms with Crippen LogP contribution in [-0.4, -0.2) is 85.1 Å². The van der Waals surface area contributed by atoms with Gasteiger partial charge in [0, 0.05) is 5.75 Å². The maximum absolute atomic E-state index is 13.3. The highest BCUT2D eigenvalue weighted by Crippen LogP contribution is 2.56. The van der Waals surface area contributed by atoms with E-state index in [4.69, 9.17) is 24.5 Å². The second-order valence-electron chi connectivity index (χ2n) is 8.16. The Morgan fingerprint density at radius 3 is 2.75 bits per heavy atom. The lowest BCUT2D eigenvalue weighted by Gasteiger charge is -2.27. The molecule has 0 spiro atoms. The van der Waals surface area contributed by atoms with Crippen LogP contribution in [0.15, 0.2) is 6.33 Å². The van der Waals surface area contributed by atoms with Crippen LogP contribution in [0.2, 0.25) is 0 Å². The number of nitrogens with zero attached hydrogens (tertiary/aromatic N) is 4. The first-order chi connectivity index (χ1) is 17.0. The highest BCUT2D eigenvalue weighted by atomic mass is 32.7. The van der Waals surface area contributed by atoms with Crippen LogP contribution in [0.1, 0.15) is 40.8 Å². The predicted molar refractivity (Wildman–Crippen MR) is 132 cm³/mol. The van der Waals surface area contributed by atoms with Crippen LogP contribution in [-0.2, 0) is 23.4 Å². The molecular weight excluding hydrogens is 515 g/mol. The van der Waals surface area contributed by atoms with Crippen LogP contribution >= 0.6 is 18.1 Å². The maximum atomic E-state index is 13.3. The molecule has 0 bridgehead atoms.